The number of carbonyl (C=O) groups is 1. The van der Waals surface area contributed by atoms with Gasteiger partial charge in [-0.2, -0.15) is 0 Å². The van der Waals surface area contributed by atoms with E-state index in [1.165, 1.54) is 0 Å². The summed E-state index contributed by atoms with van der Waals surface area (Å²) in [4.78, 5) is 12.3. The van der Waals surface area contributed by atoms with Crippen LogP contribution in [0.4, 0.5) is 5.69 Å². The number of rotatable bonds is 6. The van der Waals surface area contributed by atoms with Crippen LogP contribution in [0.25, 0.3) is 6.08 Å². The van der Waals surface area contributed by atoms with Crippen molar-refractivity contribution >= 4 is 17.7 Å². The van der Waals surface area contributed by atoms with Crippen molar-refractivity contribution in [3.63, 3.8) is 0 Å². The fourth-order valence-electron chi connectivity index (χ4n) is 2.52. The molecule has 126 valence electrons. The van der Waals surface area contributed by atoms with Crippen LogP contribution in [0, 0.1) is 6.92 Å². The zero-order valence-electron chi connectivity index (χ0n) is 14.8. The quantitative estimate of drug-likeness (QED) is 0.745. The molecule has 0 aliphatic heterocycles. The average Bonchev–Trinajstić information content (AvgIpc) is 2.56. The summed E-state index contributed by atoms with van der Waals surface area (Å²) in [5.41, 5.74) is 4.10. The number of hydrogen-bond acceptors (Lipinski definition) is 2. The molecule has 0 aliphatic carbocycles. The summed E-state index contributed by atoms with van der Waals surface area (Å²) in [6, 6.07) is 13.8. The number of hydrogen-bond donors (Lipinski definition) is 1. The standard InChI is InChI=1S/C21H25NO2/c1-5-24-18-12-9-17(10-13-18)11-14-20(23)22-21-16(4)7-6-8-19(21)15(2)3/h6-15H,5H2,1-4H3,(H,22,23)/b14-11+. The topological polar surface area (TPSA) is 38.3 Å². The fraction of sp³-hybridized carbons (Fsp3) is 0.286. The van der Waals surface area contributed by atoms with E-state index in [-0.39, 0.29) is 5.91 Å². The van der Waals surface area contributed by atoms with Gasteiger partial charge in [-0.1, -0.05) is 44.2 Å². The average molecular weight is 323 g/mol. The third kappa shape index (κ3) is 4.72. The number of ether oxygens (including phenoxy) is 1. The Balaban J connectivity index is 2.08. The first kappa shape index (κ1) is 17.8. The molecular weight excluding hydrogens is 298 g/mol. The molecule has 0 radical (unpaired) electrons. The third-order valence-corrected chi connectivity index (χ3v) is 3.79. The van der Waals surface area contributed by atoms with Gasteiger partial charge in [0.1, 0.15) is 5.75 Å². The van der Waals surface area contributed by atoms with Gasteiger partial charge in [0, 0.05) is 11.8 Å². The summed E-state index contributed by atoms with van der Waals surface area (Å²) in [7, 11) is 0. The molecule has 1 amide bonds. The molecule has 2 aromatic carbocycles. The highest BCUT2D eigenvalue weighted by atomic mass is 16.5. The molecule has 0 spiro atoms. The van der Waals surface area contributed by atoms with Gasteiger partial charge in [-0.15, -0.1) is 0 Å². The van der Waals surface area contributed by atoms with Crippen LogP contribution < -0.4 is 10.1 Å². The number of carbonyl (C=O) groups excluding carboxylic acids is 1. The van der Waals surface area contributed by atoms with Gasteiger partial charge in [0.05, 0.1) is 6.61 Å². The molecule has 2 rings (SSSR count). The van der Waals surface area contributed by atoms with Gasteiger partial charge in [-0.05, 0) is 54.7 Å². The van der Waals surface area contributed by atoms with E-state index >= 15 is 0 Å². The van der Waals surface area contributed by atoms with Crippen LogP contribution in [0.3, 0.4) is 0 Å². The van der Waals surface area contributed by atoms with Crippen molar-refractivity contribution in [2.75, 3.05) is 11.9 Å². The van der Waals surface area contributed by atoms with E-state index in [0.29, 0.717) is 12.5 Å². The van der Waals surface area contributed by atoms with Gasteiger partial charge in [-0.25, -0.2) is 0 Å². The highest BCUT2D eigenvalue weighted by Crippen LogP contribution is 2.27. The second-order valence-electron chi connectivity index (χ2n) is 6.02. The summed E-state index contributed by atoms with van der Waals surface area (Å²) in [6.45, 7) is 8.86. The molecule has 24 heavy (non-hydrogen) atoms. The third-order valence-electron chi connectivity index (χ3n) is 3.79. The van der Waals surface area contributed by atoms with Crippen molar-refractivity contribution in [2.24, 2.45) is 0 Å². The second kappa shape index (κ2) is 8.34. The number of aryl methyl sites for hydroxylation is 1. The molecule has 1 N–H and O–H groups in total. The monoisotopic (exact) mass is 323 g/mol. The molecular formula is C21H25NO2. The molecule has 3 nitrogen and oxygen atoms in total. The van der Waals surface area contributed by atoms with E-state index in [2.05, 4.69) is 25.2 Å². The summed E-state index contributed by atoms with van der Waals surface area (Å²) >= 11 is 0. The summed E-state index contributed by atoms with van der Waals surface area (Å²) in [6.07, 6.45) is 3.37. The first-order valence-electron chi connectivity index (χ1n) is 8.32. The molecule has 0 unspecified atom stereocenters. The van der Waals surface area contributed by atoms with Crippen molar-refractivity contribution in [1.82, 2.24) is 0 Å². The maximum atomic E-state index is 12.3. The van der Waals surface area contributed by atoms with Crippen molar-refractivity contribution in [3.8, 4) is 5.75 Å². The predicted octanol–water partition coefficient (Wildman–Crippen LogP) is 5.17. The Morgan fingerprint density at radius 2 is 1.88 bits per heavy atom. The van der Waals surface area contributed by atoms with E-state index in [1.54, 1.807) is 12.2 Å². The van der Waals surface area contributed by atoms with Gasteiger partial charge >= 0.3 is 0 Å². The maximum absolute atomic E-state index is 12.3. The molecule has 0 heterocycles. The van der Waals surface area contributed by atoms with Crippen molar-refractivity contribution in [3.05, 3.63) is 65.2 Å². The van der Waals surface area contributed by atoms with Crippen molar-refractivity contribution in [2.45, 2.75) is 33.6 Å². The zero-order valence-corrected chi connectivity index (χ0v) is 14.8. The lowest BCUT2D eigenvalue weighted by Gasteiger charge is -2.15. The smallest absolute Gasteiger partial charge is 0.248 e. The van der Waals surface area contributed by atoms with Crippen LogP contribution in [-0.2, 0) is 4.79 Å². The number of nitrogens with one attached hydrogen (secondary N) is 1. The molecule has 2 aromatic rings. The van der Waals surface area contributed by atoms with E-state index in [4.69, 9.17) is 4.74 Å². The number of benzene rings is 2. The Kier molecular flexibility index (Phi) is 6.19. The lowest BCUT2D eigenvalue weighted by molar-refractivity contribution is -0.111. The summed E-state index contributed by atoms with van der Waals surface area (Å²) in [5, 5.41) is 3.01. The van der Waals surface area contributed by atoms with Crippen LogP contribution in [-0.4, -0.2) is 12.5 Å². The molecule has 3 heteroatoms. The number of amides is 1. The lowest BCUT2D eigenvalue weighted by atomic mass is 9.98. The van der Waals surface area contributed by atoms with Gasteiger partial charge in [0.15, 0.2) is 0 Å². The van der Waals surface area contributed by atoms with E-state index in [1.807, 2.05) is 50.2 Å². The van der Waals surface area contributed by atoms with Crippen LogP contribution in [0.2, 0.25) is 0 Å². The Morgan fingerprint density at radius 1 is 1.17 bits per heavy atom. The van der Waals surface area contributed by atoms with E-state index < -0.39 is 0 Å². The molecule has 0 saturated carbocycles. The Morgan fingerprint density at radius 3 is 2.50 bits per heavy atom. The Labute approximate surface area is 144 Å². The Hall–Kier alpha value is -2.55. The molecule has 0 bridgehead atoms. The van der Waals surface area contributed by atoms with Gasteiger partial charge < -0.3 is 10.1 Å². The van der Waals surface area contributed by atoms with E-state index in [0.717, 1.165) is 28.1 Å². The van der Waals surface area contributed by atoms with Crippen LogP contribution in [0.1, 0.15) is 43.4 Å². The zero-order chi connectivity index (χ0) is 17.5. The molecule has 0 fully saturated rings. The Bertz CT molecular complexity index is 715. The van der Waals surface area contributed by atoms with Crippen LogP contribution >= 0.6 is 0 Å². The molecule has 0 saturated heterocycles. The normalized spacial score (nSPS) is 11.0. The minimum atomic E-state index is -0.125. The highest BCUT2D eigenvalue weighted by molar-refractivity contribution is 6.02. The summed E-state index contributed by atoms with van der Waals surface area (Å²) < 4.78 is 5.41. The molecule has 0 atom stereocenters. The minimum absolute atomic E-state index is 0.125. The van der Waals surface area contributed by atoms with E-state index in [9.17, 15) is 4.79 Å². The number of anilines is 1. The minimum Gasteiger partial charge on any atom is -0.494 e. The van der Waals surface area contributed by atoms with Crippen molar-refractivity contribution < 1.29 is 9.53 Å². The predicted molar refractivity (Wildman–Crippen MR) is 101 cm³/mol. The first-order valence-corrected chi connectivity index (χ1v) is 8.32. The van der Waals surface area contributed by atoms with Crippen molar-refractivity contribution in [1.29, 1.82) is 0 Å². The van der Waals surface area contributed by atoms with Gasteiger partial charge in [0.25, 0.3) is 0 Å². The highest BCUT2D eigenvalue weighted by Gasteiger charge is 2.10. The molecule has 0 aliphatic rings. The van der Waals surface area contributed by atoms with Gasteiger partial charge in [0.2, 0.25) is 5.91 Å². The lowest BCUT2D eigenvalue weighted by Crippen LogP contribution is -2.11. The second-order valence-corrected chi connectivity index (χ2v) is 6.02. The fourth-order valence-corrected chi connectivity index (χ4v) is 2.52. The SMILES string of the molecule is CCOc1ccc(/C=C/C(=O)Nc2c(C)cccc2C(C)C)cc1. The largest absolute Gasteiger partial charge is 0.494 e. The first-order chi connectivity index (χ1) is 11.5. The van der Waals surface area contributed by atoms with Gasteiger partial charge in [-0.3, -0.25) is 4.79 Å². The number of para-hydroxylation sites is 1. The summed E-state index contributed by atoms with van der Waals surface area (Å²) in [5.74, 6) is 1.07. The molecule has 0 aromatic heterocycles. The maximum Gasteiger partial charge on any atom is 0.248 e. The van der Waals surface area contributed by atoms with Crippen LogP contribution in [0.15, 0.2) is 48.5 Å². The van der Waals surface area contributed by atoms with Crippen LogP contribution in [0.5, 0.6) is 5.75 Å².